The van der Waals surface area contributed by atoms with Crippen LogP contribution in [0.3, 0.4) is 0 Å². The first-order valence-electron chi connectivity index (χ1n) is 6.04. The molecule has 0 bridgehead atoms. The zero-order valence-corrected chi connectivity index (χ0v) is 9.90. The topological polar surface area (TPSA) is 0 Å². The zero-order valence-electron chi connectivity index (χ0n) is 9.90. The maximum atomic E-state index is 2.51. The molecule has 0 spiro atoms. The molecule has 2 atom stereocenters. The quantitative estimate of drug-likeness (QED) is 0.596. The first-order chi connectivity index (χ1) is 6.04. The molecule has 0 radical (unpaired) electrons. The van der Waals surface area contributed by atoms with Gasteiger partial charge < -0.3 is 0 Å². The highest BCUT2D eigenvalue weighted by Gasteiger charge is 2.32. The van der Waals surface area contributed by atoms with Crippen molar-refractivity contribution in [3.63, 3.8) is 0 Å². The van der Waals surface area contributed by atoms with E-state index in [4.69, 9.17) is 0 Å². The SMILES string of the molecule is CC(C)CCC1(C)CCCCC1C. The molecule has 1 fully saturated rings. The Bertz CT molecular complexity index is 148. The molecule has 0 heteroatoms. The number of hydrogen-bond acceptors (Lipinski definition) is 0. The lowest BCUT2D eigenvalue weighted by atomic mass is 9.65. The third-order valence-corrected chi connectivity index (χ3v) is 4.12. The van der Waals surface area contributed by atoms with Crippen molar-refractivity contribution in [3.05, 3.63) is 0 Å². The van der Waals surface area contributed by atoms with E-state index in [0.717, 1.165) is 11.8 Å². The summed E-state index contributed by atoms with van der Waals surface area (Å²) in [5, 5.41) is 0. The second kappa shape index (κ2) is 4.48. The monoisotopic (exact) mass is 182 g/mol. The normalized spacial score (nSPS) is 35.3. The molecular weight excluding hydrogens is 156 g/mol. The first-order valence-corrected chi connectivity index (χ1v) is 6.04. The van der Waals surface area contributed by atoms with E-state index in [2.05, 4.69) is 27.7 Å². The van der Waals surface area contributed by atoms with Crippen LogP contribution in [-0.4, -0.2) is 0 Å². The summed E-state index contributed by atoms with van der Waals surface area (Å²) in [6.45, 7) is 9.66. The minimum atomic E-state index is 0.669. The van der Waals surface area contributed by atoms with E-state index in [1.54, 1.807) is 0 Å². The average Bonchev–Trinajstić information content (AvgIpc) is 2.07. The Morgan fingerprint density at radius 1 is 1.31 bits per heavy atom. The molecule has 0 nitrogen and oxygen atoms in total. The van der Waals surface area contributed by atoms with Crippen LogP contribution in [0.2, 0.25) is 0 Å². The van der Waals surface area contributed by atoms with E-state index >= 15 is 0 Å². The van der Waals surface area contributed by atoms with Gasteiger partial charge in [0.25, 0.3) is 0 Å². The predicted molar refractivity (Wildman–Crippen MR) is 59.8 cm³/mol. The van der Waals surface area contributed by atoms with Crippen LogP contribution in [0.1, 0.15) is 66.2 Å². The van der Waals surface area contributed by atoms with Crippen molar-refractivity contribution >= 4 is 0 Å². The van der Waals surface area contributed by atoms with Crippen molar-refractivity contribution in [3.8, 4) is 0 Å². The molecule has 13 heavy (non-hydrogen) atoms. The van der Waals surface area contributed by atoms with Crippen molar-refractivity contribution in [2.24, 2.45) is 17.3 Å². The second-order valence-electron chi connectivity index (χ2n) is 5.73. The van der Waals surface area contributed by atoms with E-state index in [1.165, 1.54) is 38.5 Å². The molecule has 0 aliphatic heterocycles. The molecular formula is C13H26. The summed E-state index contributed by atoms with van der Waals surface area (Å²) in [6.07, 6.45) is 8.75. The summed E-state index contributed by atoms with van der Waals surface area (Å²) in [6, 6.07) is 0. The molecule has 0 aromatic carbocycles. The maximum absolute atomic E-state index is 2.51. The second-order valence-corrected chi connectivity index (χ2v) is 5.73. The number of rotatable bonds is 3. The molecule has 1 aliphatic rings. The van der Waals surface area contributed by atoms with Gasteiger partial charge in [0, 0.05) is 0 Å². The third-order valence-electron chi connectivity index (χ3n) is 4.12. The van der Waals surface area contributed by atoms with E-state index in [9.17, 15) is 0 Å². The highest BCUT2D eigenvalue weighted by Crippen LogP contribution is 2.44. The van der Waals surface area contributed by atoms with Crippen LogP contribution < -0.4 is 0 Å². The molecule has 1 saturated carbocycles. The van der Waals surface area contributed by atoms with Gasteiger partial charge in [-0.15, -0.1) is 0 Å². The molecule has 0 aromatic heterocycles. The largest absolute Gasteiger partial charge is 0.0628 e. The Morgan fingerprint density at radius 2 is 2.00 bits per heavy atom. The van der Waals surface area contributed by atoms with Crippen molar-refractivity contribution < 1.29 is 0 Å². The lowest BCUT2D eigenvalue weighted by molar-refractivity contribution is 0.110. The average molecular weight is 182 g/mol. The van der Waals surface area contributed by atoms with Gasteiger partial charge in [0.2, 0.25) is 0 Å². The lowest BCUT2D eigenvalue weighted by Crippen LogP contribution is -2.29. The standard InChI is InChI=1S/C13H26/c1-11(2)8-10-13(4)9-6-5-7-12(13)3/h11-12H,5-10H2,1-4H3. The van der Waals surface area contributed by atoms with Gasteiger partial charge in [0.1, 0.15) is 0 Å². The maximum Gasteiger partial charge on any atom is -0.0300 e. The Hall–Kier alpha value is 0. The lowest BCUT2D eigenvalue weighted by Gasteiger charge is -2.40. The summed E-state index contributed by atoms with van der Waals surface area (Å²) in [5.41, 5.74) is 0.669. The minimum Gasteiger partial charge on any atom is -0.0628 e. The molecule has 2 unspecified atom stereocenters. The summed E-state index contributed by atoms with van der Waals surface area (Å²) in [7, 11) is 0. The van der Waals surface area contributed by atoms with Crippen LogP contribution in [0.25, 0.3) is 0 Å². The molecule has 1 aliphatic carbocycles. The molecule has 0 aromatic rings. The Labute approximate surface area is 84.1 Å². The molecule has 0 heterocycles. The van der Waals surface area contributed by atoms with E-state index in [-0.39, 0.29) is 0 Å². The van der Waals surface area contributed by atoms with Crippen LogP contribution >= 0.6 is 0 Å². The smallest absolute Gasteiger partial charge is 0.0300 e. The highest BCUT2D eigenvalue weighted by atomic mass is 14.4. The molecule has 78 valence electrons. The van der Waals surface area contributed by atoms with Gasteiger partial charge >= 0.3 is 0 Å². The van der Waals surface area contributed by atoms with Gasteiger partial charge in [-0.3, -0.25) is 0 Å². The fraction of sp³-hybridized carbons (Fsp3) is 1.00. The fourth-order valence-electron chi connectivity index (χ4n) is 2.56. The molecule has 0 N–H and O–H groups in total. The van der Waals surface area contributed by atoms with Crippen molar-refractivity contribution in [2.45, 2.75) is 66.2 Å². The van der Waals surface area contributed by atoms with Crippen LogP contribution in [0.15, 0.2) is 0 Å². The van der Waals surface area contributed by atoms with Gasteiger partial charge in [-0.1, -0.05) is 53.4 Å². The van der Waals surface area contributed by atoms with Gasteiger partial charge in [-0.05, 0) is 30.1 Å². The first kappa shape index (κ1) is 11.1. The van der Waals surface area contributed by atoms with Gasteiger partial charge in [0.05, 0.1) is 0 Å². The minimum absolute atomic E-state index is 0.669. The summed E-state index contributed by atoms with van der Waals surface area (Å²) in [4.78, 5) is 0. The van der Waals surface area contributed by atoms with E-state index in [0.29, 0.717) is 5.41 Å². The van der Waals surface area contributed by atoms with Crippen molar-refractivity contribution in [1.29, 1.82) is 0 Å². The van der Waals surface area contributed by atoms with Crippen LogP contribution in [0.4, 0.5) is 0 Å². The van der Waals surface area contributed by atoms with Crippen molar-refractivity contribution in [2.75, 3.05) is 0 Å². The third kappa shape index (κ3) is 3.00. The molecule has 0 amide bonds. The summed E-state index contributed by atoms with van der Waals surface area (Å²) >= 11 is 0. The zero-order chi connectivity index (χ0) is 9.90. The molecule has 0 saturated heterocycles. The Morgan fingerprint density at radius 3 is 2.54 bits per heavy atom. The number of hydrogen-bond donors (Lipinski definition) is 0. The van der Waals surface area contributed by atoms with Gasteiger partial charge in [0.15, 0.2) is 0 Å². The van der Waals surface area contributed by atoms with E-state index < -0.39 is 0 Å². The molecule has 1 rings (SSSR count). The predicted octanol–water partition coefficient (Wildman–Crippen LogP) is 4.64. The Kier molecular flexibility index (Phi) is 3.82. The van der Waals surface area contributed by atoms with Crippen molar-refractivity contribution in [1.82, 2.24) is 0 Å². The van der Waals surface area contributed by atoms with Gasteiger partial charge in [-0.2, -0.15) is 0 Å². The van der Waals surface area contributed by atoms with Gasteiger partial charge in [-0.25, -0.2) is 0 Å². The van der Waals surface area contributed by atoms with Crippen LogP contribution in [-0.2, 0) is 0 Å². The fourth-order valence-corrected chi connectivity index (χ4v) is 2.56. The van der Waals surface area contributed by atoms with Crippen LogP contribution in [0.5, 0.6) is 0 Å². The summed E-state index contributed by atoms with van der Waals surface area (Å²) < 4.78 is 0. The summed E-state index contributed by atoms with van der Waals surface area (Å²) in [5.74, 6) is 1.84. The van der Waals surface area contributed by atoms with Crippen LogP contribution in [0, 0.1) is 17.3 Å². The van der Waals surface area contributed by atoms with E-state index in [1.807, 2.05) is 0 Å². The highest BCUT2D eigenvalue weighted by molar-refractivity contribution is 4.83. The Balaban J connectivity index is 2.42.